The Kier molecular flexibility index (Phi) is 7.70. The van der Waals surface area contributed by atoms with Gasteiger partial charge in [0.25, 0.3) is 0 Å². The molecule has 0 amide bonds. The molecule has 0 bridgehead atoms. The normalized spacial score (nSPS) is 13.1. The molecule has 0 fully saturated rings. The van der Waals surface area contributed by atoms with Gasteiger partial charge >= 0.3 is 5.97 Å². The molecule has 1 heterocycles. The van der Waals surface area contributed by atoms with Crippen molar-refractivity contribution in [3.63, 3.8) is 0 Å². The molecule has 0 radical (unpaired) electrons. The van der Waals surface area contributed by atoms with Gasteiger partial charge in [0, 0.05) is 12.0 Å². The van der Waals surface area contributed by atoms with Crippen LogP contribution in [-0.2, 0) is 4.79 Å². The van der Waals surface area contributed by atoms with Crippen LogP contribution in [0.25, 0.3) is 11.1 Å². The van der Waals surface area contributed by atoms with Crippen molar-refractivity contribution in [3.8, 4) is 0 Å². The predicted molar refractivity (Wildman–Crippen MR) is 115 cm³/mol. The lowest BCUT2D eigenvalue weighted by Gasteiger charge is -2.15. The summed E-state index contributed by atoms with van der Waals surface area (Å²) in [6.07, 6.45) is 1.48. The highest BCUT2D eigenvalue weighted by molar-refractivity contribution is 6.01. The lowest BCUT2D eigenvalue weighted by molar-refractivity contribution is -0.139. The molecular weight excluding hydrogens is 418 g/mol. The van der Waals surface area contributed by atoms with Gasteiger partial charge in [-0.05, 0) is 53.1 Å². The molecule has 0 aliphatic rings. The largest absolute Gasteiger partial charge is 0.481 e. The van der Waals surface area contributed by atoms with Gasteiger partial charge in [-0.2, -0.15) is 0 Å². The Labute approximate surface area is 183 Å². The fourth-order valence-corrected chi connectivity index (χ4v) is 3.28. The Morgan fingerprint density at radius 2 is 1.50 bits per heavy atom. The van der Waals surface area contributed by atoms with E-state index in [1.807, 2.05) is 0 Å². The third-order valence-corrected chi connectivity index (χ3v) is 4.73. The maximum absolute atomic E-state index is 13.5. The smallest absolute Gasteiger partial charge is 0.305 e. The first-order valence-electron chi connectivity index (χ1n) is 9.89. The van der Waals surface area contributed by atoms with Crippen molar-refractivity contribution in [1.29, 1.82) is 0 Å². The van der Waals surface area contributed by atoms with Crippen molar-refractivity contribution in [2.45, 2.75) is 25.0 Å². The Hall–Kier alpha value is -3.55. The second kappa shape index (κ2) is 10.7. The monoisotopic (exact) mass is 440 g/mol. The van der Waals surface area contributed by atoms with Gasteiger partial charge in [0.2, 0.25) is 0 Å². The van der Waals surface area contributed by atoms with E-state index in [9.17, 15) is 23.8 Å². The molecule has 7 heteroatoms. The first-order chi connectivity index (χ1) is 15.3. The lowest BCUT2D eigenvalue weighted by atomic mass is 9.91. The zero-order valence-electron chi connectivity index (χ0n) is 17.0. The van der Waals surface area contributed by atoms with E-state index in [0.29, 0.717) is 28.0 Å². The molecule has 1 aromatic heterocycles. The number of furan rings is 1. The molecule has 0 saturated heterocycles. The number of carboxylic acids is 1. The summed E-state index contributed by atoms with van der Waals surface area (Å²) in [6, 6.07) is 14.9. The molecule has 2 aromatic carbocycles. The number of allylic oxidation sites excluding steroid dienone is 2. The molecule has 32 heavy (non-hydrogen) atoms. The summed E-state index contributed by atoms with van der Waals surface area (Å²) in [4.78, 5) is 10.7. The fourth-order valence-electron chi connectivity index (χ4n) is 3.28. The summed E-state index contributed by atoms with van der Waals surface area (Å²) in [5, 5.41) is 28.8. The van der Waals surface area contributed by atoms with Crippen molar-refractivity contribution < 1.29 is 33.3 Å². The number of aliphatic hydroxyl groups is 2. The van der Waals surface area contributed by atoms with Gasteiger partial charge < -0.3 is 19.7 Å². The van der Waals surface area contributed by atoms with Crippen LogP contribution in [0.2, 0.25) is 0 Å². The summed E-state index contributed by atoms with van der Waals surface area (Å²) in [6.45, 7) is 0. The molecule has 0 saturated carbocycles. The van der Waals surface area contributed by atoms with E-state index in [1.165, 1.54) is 36.6 Å². The minimum Gasteiger partial charge on any atom is -0.481 e. The van der Waals surface area contributed by atoms with Crippen molar-refractivity contribution in [3.05, 3.63) is 108 Å². The lowest BCUT2D eigenvalue weighted by Crippen LogP contribution is -2.19. The van der Waals surface area contributed by atoms with E-state index in [2.05, 4.69) is 0 Å². The zero-order valence-corrected chi connectivity index (χ0v) is 17.0. The number of hydrogen-bond acceptors (Lipinski definition) is 4. The van der Waals surface area contributed by atoms with Gasteiger partial charge in [0.15, 0.2) is 0 Å². The standard InChI is InChI=1S/C25H22F2O5/c26-18-7-3-16(4-8-18)25(17-5-9-19(27)10-6-17)22(23-2-1-13-32-23)12-11-20(28)14-21(29)15-24(30)31/h1-13,20-21,28-29H,14-15H2,(H,30,31)/t20-,21-/m1/s1. The van der Waals surface area contributed by atoms with Crippen LogP contribution in [0.15, 0.2) is 83.5 Å². The van der Waals surface area contributed by atoms with E-state index in [0.717, 1.165) is 0 Å². The number of rotatable bonds is 9. The molecule has 0 unspecified atom stereocenters. The maximum Gasteiger partial charge on any atom is 0.305 e. The Bertz CT molecular complexity index is 1040. The molecule has 3 aromatic rings. The van der Waals surface area contributed by atoms with Crippen LogP contribution in [0.1, 0.15) is 29.7 Å². The van der Waals surface area contributed by atoms with Gasteiger partial charge in [-0.1, -0.05) is 36.4 Å². The average molecular weight is 440 g/mol. The molecule has 0 aliphatic carbocycles. The molecule has 0 aliphatic heterocycles. The highest BCUT2D eigenvalue weighted by Gasteiger charge is 2.17. The number of aliphatic hydroxyl groups excluding tert-OH is 2. The van der Waals surface area contributed by atoms with Crippen LogP contribution >= 0.6 is 0 Å². The van der Waals surface area contributed by atoms with Gasteiger partial charge in [-0.25, -0.2) is 8.78 Å². The fraction of sp³-hybridized carbons (Fsp3) is 0.160. The first kappa shape index (κ1) is 23.1. The Balaban J connectivity index is 2.08. The Morgan fingerprint density at radius 3 is 1.97 bits per heavy atom. The average Bonchev–Trinajstić information content (AvgIpc) is 3.27. The molecule has 3 rings (SSSR count). The number of hydrogen-bond donors (Lipinski definition) is 3. The highest BCUT2D eigenvalue weighted by Crippen LogP contribution is 2.34. The summed E-state index contributed by atoms with van der Waals surface area (Å²) in [5.41, 5.74) is 2.40. The number of benzene rings is 2. The molecule has 3 N–H and O–H groups in total. The molecule has 166 valence electrons. The van der Waals surface area contributed by atoms with Crippen molar-refractivity contribution >= 4 is 17.1 Å². The first-order valence-corrected chi connectivity index (χ1v) is 9.89. The molecule has 2 atom stereocenters. The summed E-state index contributed by atoms with van der Waals surface area (Å²) < 4.78 is 32.7. The Morgan fingerprint density at radius 1 is 0.938 bits per heavy atom. The van der Waals surface area contributed by atoms with E-state index in [1.54, 1.807) is 42.5 Å². The third kappa shape index (κ3) is 6.23. The SMILES string of the molecule is O=C(O)C[C@H](O)C[C@H](O)C=CC(=C(c1ccc(F)cc1)c1ccc(F)cc1)c1ccco1. The van der Waals surface area contributed by atoms with Crippen LogP contribution < -0.4 is 0 Å². The quantitative estimate of drug-likeness (QED) is 0.421. The van der Waals surface area contributed by atoms with E-state index >= 15 is 0 Å². The number of carboxylic acid groups (broad SMARTS) is 1. The van der Waals surface area contributed by atoms with E-state index in [4.69, 9.17) is 9.52 Å². The van der Waals surface area contributed by atoms with Crippen LogP contribution in [0, 0.1) is 11.6 Å². The minimum absolute atomic E-state index is 0.170. The van der Waals surface area contributed by atoms with Gasteiger partial charge in [-0.15, -0.1) is 0 Å². The van der Waals surface area contributed by atoms with E-state index < -0.39 is 36.2 Å². The number of carbonyl (C=O) groups is 1. The number of aliphatic carboxylic acids is 1. The highest BCUT2D eigenvalue weighted by atomic mass is 19.1. The van der Waals surface area contributed by atoms with Crippen LogP contribution in [0.3, 0.4) is 0 Å². The minimum atomic E-state index is -1.21. The summed E-state index contributed by atoms with van der Waals surface area (Å²) >= 11 is 0. The van der Waals surface area contributed by atoms with Gasteiger partial charge in [0.05, 0.1) is 24.9 Å². The van der Waals surface area contributed by atoms with Crippen LogP contribution in [-0.4, -0.2) is 33.5 Å². The second-order valence-electron chi connectivity index (χ2n) is 7.19. The van der Waals surface area contributed by atoms with E-state index in [-0.39, 0.29) is 6.42 Å². The second-order valence-corrected chi connectivity index (χ2v) is 7.19. The van der Waals surface area contributed by atoms with Gasteiger partial charge in [-0.3, -0.25) is 4.79 Å². The number of halogens is 2. The van der Waals surface area contributed by atoms with Gasteiger partial charge in [0.1, 0.15) is 17.4 Å². The third-order valence-electron chi connectivity index (χ3n) is 4.73. The molecular formula is C25H22F2O5. The van der Waals surface area contributed by atoms with Crippen LogP contribution in [0.5, 0.6) is 0 Å². The van der Waals surface area contributed by atoms with Crippen LogP contribution in [0.4, 0.5) is 8.78 Å². The molecule has 0 spiro atoms. The summed E-state index contributed by atoms with van der Waals surface area (Å²) in [5.74, 6) is -1.54. The zero-order chi connectivity index (χ0) is 23.1. The predicted octanol–water partition coefficient (Wildman–Crippen LogP) is 4.66. The van der Waals surface area contributed by atoms with Crippen molar-refractivity contribution in [2.24, 2.45) is 0 Å². The van der Waals surface area contributed by atoms with Crippen molar-refractivity contribution in [1.82, 2.24) is 0 Å². The summed E-state index contributed by atoms with van der Waals surface area (Å²) in [7, 11) is 0. The van der Waals surface area contributed by atoms with Crippen molar-refractivity contribution in [2.75, 3.05) is 0 Å². The maximum atomic E-state index is 13.5. The molecule has 5 nitrogen and oxygen atoms in total. The topological polar surface area (TPSA) is 90.9 Å².